The summed E-state index contributed by atoms with van der Waals surface area (Å²) in [6, 6.07) is 16.4. The van der Waals surface area contributed by atoms with Crippen LogP contribution in [0.25, 0.3) is 0 Å². The van der Waals surface area contributed by atoms with Crippen molar-refractivity contribution < 1.29 is 0 Å². The van der Waals surface area contributed by atoms with Gasteiger partial charge in [0.25, 0.3) is 0 Å². The van der Waals surface area contributed by atoms with Crippen LogP contribution in [0.15, 0.2) is 53.6 Å². The lowest BCUT2D eigenvalue weighted by molar-refractivity contribution is 1.13. The second kappa shape index (κ2) is 6.05. The molecule has 0 saturated heterocycles. The fourth-order valence-electron chi connectivity index (χ4n) is 1.75. The number of aryl methyl sites for hydroxylation is 1. The Morgan fingerprint density at radius 1 is 1.05 bits per heavy atom. The SMILES string of the molecule is Cc1cccc(N/N=C\c2ccc(N(C)C)cc2)c1. The summed E-state index contributed by atoms with van der Waals surface area (Å²) in [6.07, 6.45) is 1.82. The molecular weight excluding hydrogens is 234 g/mol. The molecule has 2 aromatic rings. The van der Waals surface area contributed by atoms with Gasteiger partial charge in [-0.2, -0.15) is 5.10 Å². The molecule has 0 aliphatic heterocycles. The Morgan fingerprint density at radius 2 is 1.79 bits per heavy atom. The minimum Gasteiger partial charge on any atom is -0.378 e. The van der Waals surface area contributed by atoms with Crippen LogP contribution in [-0.2, 0) is 0 Å². The molecule has 0 radical (unpaired) electrons. The molecular formula is C16H19N3. The van der Waals surface area contributed by atoms with Crippen LogP contribution in [-0.4, -0.2) is 20.3 Å². The number of hydrogen-bond acceptors (Lipinski definition) is 3. The van der Waals surface area contributed by atoms with Crippen LogP contribution < -0.4 is 10.3 Å². The van der Waals surface area contributed by atoms with Crippen LogP contribution in [0.1, 0.15) is 11.1 Å². The van der Waals surface area contributed by atoms with Crippen LogP contribution in [0.4, 0.5) is 11.4 Å². The first-order valence-corrected chi connectivity index (χ1v) is 6.28. The zero-order valence-electron chi connectivity index (χ0n) is 11.6. The molecule has 1 N–H and O–H groups in total. The van der Waals surface area contributed by atoms with Crippen LogP contribution in [0.2, 0.25) is 0 Å². The highest BCUT2D eigenvalue weighted by molar-refractivity contribution is 5.80. The number of hydrogen-bond donors (Lipinski definition) is 1. The third-order valence-corrected chi connectivity index (χ3v) is 2.83. The van der Waals surface area contributed by atoms with E-state index in [1.165, 1.54) is 11.3 Å². The van der Waals surface area contributed by atoms with Gasteiger partial charge in [-0.05, 0) is 42.3 Å². The Kier molecular flexibility index (Phi) is 4.18. The summed E-state index contributed by atoms with van der Waals surface area (Å²) in [5.41, 5.74) is 7.51. The second-order valence-corrected chi connectivity index (χ2v) is 4.73. The molecule has 19 heavy (non-hydrogen) atoms. The Morgan fingerprint density at radius 3 is 2.42 bits per heavy atom. The predicted octanol–water partition coefficient (Wildman–Crippen LogP) is 3.51. The molecule has 98 valence electrons. The largest absolute Gasteiger partial charge is 0.378 e. The van der Waals surface area contributed by atoms with E-state index in [0.29, 0.717) is 0 Å². The number of anilines is 2. The second-order valence-electron chi connectivity index (χ2n) is 4.73. The maximum Gasteiger partial charge on any atom is 0.0564 e. The van der Waals surface area contributed by atoms with Crippen LogP contribution in [0.5, 0.6) is 0 Å². The molecule has 0 aliphatic rings. The van der Waals surface area contributed by atoms with Crippen LogP contribution in [0, 0.1) is 6.92 Å². The van der Waals surface area contributed by atoms with Crippen LogP contribution in [0.3, 0.4) is 0 Å². The van der Waals surface area contributed by atoms with Gasteiger partial charge < -0.3 is 4.90 Å². The van der Waals surface area contributed by atoms with E-state index in [1.807, 2.05) is 32.4 Å². The molecule has 0 aromatic heterocycles. The van der Waals surface area contributed by atoms with E-state index in [4.69, 9.17) is 0 Å². The molecule has 0 heterocycles. The first-order valence-electron chi connectivity index (χ1n) is 6.28. The van der Waals surface area contributed by atoms with Gasteiger partial charge in [-0.1, -0.05) is 24.3 Å². The van der Waals surface area contributed by atoms with Crippen molar-refractivity contribution in [2.24, 2.45) is 5.10 Å². The van der Waals surface area contributed by atoms with Crippen molar-refractivity contribution in [1.29, 1.82) is 0 Å². The maximum absolute atomic E-state index is 4.24. The highest BCUT2D eigenvalue weighted by atomic mass is 15.3. The van der Waals surface area contributed by atoms with Gasteiger partial charge in [-0.3, -0.25) is 5.43 Å². The van der Waals surface area contributed by atoms with Gasteiger partial charge in [0.1, 0.15) is 0 Å². The number of rotatable bonds is 4. The van der Waals surface area contributed by atoms with E-state index >= 15 is 0 Å². The van der Waals surface area contributed by atoms with Gasteiger partial charge in [-0.25, -0.2) is 0 Å². The number of benzene rings is 2. The molecule has 0 unspecified atom stereocenters. The minimum absolute atomic E-state index is 1.00. The monoisotopic (exact) mass is 253 g/mol. The summed E-state index contributed by atoms with van der Waals surface area (Å²) < 4.78 is 0. The summed E-state index contributed by atoms with van der Waals surface area (Å²) in [4.78, 5) is 2.08. The molecule has 3 nitrogen and oxygen atoms in total. The van der Waals surface area contributed by atoms with Gasteiger partial charge in [0, 0.05) is 19.8 Å². The summed E-state index contributed by atoms with van der Waals surface area (Å²) in [6.45, 7) is 2.06. The van der Waals surface area contributed by atoms with Crippen molar-refractivity contribution in [2.45, 2.75) is 6.92 Å². The Bertz CT molecular complexity index is 556. The number of nitrogens with one attached hydrogen (secondary N) is 1. The molecule has 0 fully saturated rings. The van der Waals surface area contributed by atoms with E-state index in [2.05, 4.69) is 58.7 Å². The van der Waals surface area contributed by atoms with Gasteiger partial charge in [-0.15, -0.1) is 0 Å². The van der Waals surface area contributed by atoms with E-state index in [1.54, 1.807) is 0 Å². The molecule has 0 saturated carbocycles. The van der Waals surface area contributed by atoms with Gasteiger partial charge in [0.15, 0.2) is 0 Å². The minimum atomic E-state index is 1.00. The summed E-state index contributed by atoms with van der Waals surface area (Å²) in [5.74, 6) is 0. The lowest BCUT2D eigenvalue weighted by Gasteiger charge is -2.11. The van der Waals surface area contributed by atoms with Crippen molar-refractivity contribution in [3.63, 3.8) is 0 Å². The van der Waals surface area contributed by atoms with E-state index in [-0.39, 0.29) is 0 Å². The van der Waals surface area contributed by atoms with E-state index < -0.39 is 0 Å². The predicted molar refractivity (Wildman–Crippen MR) is 83.2 cm³/mol. The molecule has 0 aliphatic carbocycles. The molecule has 2 aromatic carbocycles. The normalized spacial score (nSPS) is 10.7. The third-order valence-electron chi connectivity index (χ3n) is 2.83. The van der Waals surface area contributed by atoms with Gasteiger partial charge >= 0.3 is 0 Å². The smallest absolute Gasteiger partial charge is 0.0564 e. The Hall–Kier alpha value is -2.29. The molecule has 3 heteroatoms. The van der Waals surface area contributed by atoms with Gasteiger partial charge in [0.2, 0.25) is 0 Å². The summed E-state index contributed by atoms with van der Waals surface area (Å²) in [5, 5.41) is 4.24. The van der Waals surface area contributed by atoms with Crippen LogP contribution >= 0.6 is 0 Å². The summed E-state index contributed by atoms with van der Waals surface area (Å²) in [7, 11) is 4.06. The van der Waals surface area contributed by atoms with Crippen molar-refractivity contribution in [1.82, 2.24) is 0 Å². The van der Waals surface area contributed by atoms with Crippen molar-refractivity contribution in [3.8, 4) is 0 Å². The quantitative estimate of drug-likeness (QED) is 0.667. The highest BCUT2D eigenvalue weighted by Crippen LogP contribution is 2.12. The lowest BCUT2D eigenvalue weighted by atomic mass is 10.2. The molecule has 0 spiro atoms. The summed E-state index contributed by atoms with van der Waals surface area (Å²) >= 11 is 0. The first kappa shape index (κ1) is 13.1. The zero-order valence-corrected chi connectivity index (χ0v) is 11.6. The van der Waals surface area contributed by atoms with Crippen molar-refractivity contribution in [2.75, 3.05) is 24.4 Å². The van der Waals surface area contributed by atoms with E-state index in [9.17, 15) is 0 Å². The molecule has 2 rings (SSSR count). The van der Waals surface area contributed by atoms with Crippen molar-refractivity contribution >= 4 is 17.6 Å². The molecule has 0 bridgehead atoms. The molecule has 0 amide bonds. The zero-order chi connectivity index (χ0) is 13.7. The van der Waals surface area contributed by atoms with Gasteiger partial charge in [0.05, 0.1) is 11.9 Å². The fourth-order valence-corrected chi connectivity index (χ4v) is 1.75. The number of hydrazone groups is 1. The fraction of sp³-hybridized carbons (Fsp3) is 0.188. The topological polar surface area (TPSA) is 27.6 Å². The molecule has 0 atom stereocenters. The standard InChI is InChI=1S/C16H19N3/c1-13-5-4-6-15(11-13)18-17-12-14-7-9-16(10-8-14)19(2)3/h4-12,18H,1-3H3/b17-12-. The number of nitrogens with zero attached hydrogens (tertiary/aromatic N) is 2. The third kappa shape index (κ3) is 3.85. The Labute approximate surface area is 114 Å². The average Bonchev–Trinajstić information content (AvgIpc) is 2.39. The first-order chi connectivity index (χ1) is 9.15. The Balaban J connectivity index is 1.99. The average molecular weight is 253 g/mol. The maximum atomic E-state index is 4.24. The highest BCUT2D eigenvalue weighted by Gasteiger charge is 1.94. The van der Waals surface area contributed by atoms with Crippen molar-refractivity contribution in [3.05, 3.63) is 59.7 Å². The lowest BCUT2D eigenvalue weighted by Crippen LogP contribution is -2.08. The van der Waals surface area contributed by atoms with E-state index in [0.717, 1.165) is 11.3 Å².